The molecule has 1 saturated carbocycles. The monoisotopic (exact) mass is 262 g/mol. The number of hydrogen-bond donors (Lipinski definition) is 2. The quantitative estimate of drug-likeness (QED) is 0.803. The first-order valence-electron chi connectivity index (χ1n) is 7.00. The van der Waals surface area contributed by atoms with Gasteiger partial charge >= 0.3 is 0 Å². The number of nitrogens with two attached hydrogens (primary N) is 1. The molecule has 1 amide bonds. The number of hydrogen-bond acceptors (Lipinski definition) is 4. The molecule has 1 fully saturated rings. The summed E-state index contributed by atoms with van der Waals surface area (Å²) in [7, 11) is 0. The number of nitrogens with one attached hydrogen (secondary N) is 1. The van der Waals surface area contributed by atoms with Gasteiger partial charge in [0.15, 0.2) is 0 Å². The van der Waals surface area contributed by atoms with Crippen LogP contribution in [0.1, 0.15) is 44.2 Å². The SMILES string of the molecule is NCC1(C(=O)NCc2ccncn2)CCCCCC1. The van der Waals surface area contributed by atoms with E-state index >= 15 is 0 Å². The topological polar surface area (TPSA) is 80.9 Å². The van der Waals surface area contributed by atoms with Crippen molar-refractivity contribution in [2.45, 2.75) is 45.1 Å². The standard InChI is InChI=1S/C14H22N4O/c15-10-14(6-3-1-2-4-7-14)13(19)17-9-12-5-8-16-11-18-12/h5,8,11H,1-4,6-7,9-10,15H2,(H,17,19). The molecule has 0 radical (unpaired) electrons. The molecule has 1 heterocycles. The first kappa shape index (κ1) is 13.9. The Hall–Kier alpha value is -1.49. The van der Waals surface area contributed by atoms with Gasteiger partial charge in [0.2, 0.25) is 5.91 Å². The molecule has 5 heteroatoms. The van der Waals surface area contributed by atoms with Crippen molar-refractivity contribution in [3.05, 3.63) is 24.3 Å². The lowest BCUT2D eigenvalue weighted by atomic mass is 9.79. The van der Waals surface area contributed by atoms with Gasteiger partial charge in [-0.1, -0.05) is 25.7 Å². The maximum absolute atomic E-state index is 12.4. The van der Waals surface area contributed by atoms with Gasteiger partial charge in [-0.05, 0) is 18.9 Å². The summed E-state index contributed by atoms with van der Waals surface area (Å²) >= 11 is 0. The van der Waals surface area contributed by atoms with Crippen molar-refractivity contribution in [3.8, 4) is 0 Å². The molecule has 0 atom stereocenters. The molecule has 0 aliphatic heterocycles. The molecule has 0 saturated heterocycles. The third-order valence-corrected chi connectivity index (χ3v) is 4.01. The van der Waals surface area contributed by atoms with Crippen LogP contribution in [0, 0.1) is 5.41 Å². The molecule has 104 valence electrons. The van der Waals surface area contributed by atoms with E-state index in [1.165, 1.54) is 19.2 Å². The van der Waals surface area contributed by atoms with Crippen LogP contribution in [0.5, 0.6) is 0 Å². The van der Waals surface area contributed by atoms with Crippen LogP contribution in [0.2, 0.25) is 0 Å². The summed E-state index contributed by atoms with van der Waals surface area (Å²) in [4.78, 5) is 20.4. The number of rotatable bonds is 4. The molecule has 3 N–H and O–H groups in total. The number of aromatic nitrogens is 2. The minimum Gasteiger partial charge on any atom is -0.350 e. The summed E-state index contributed by atoms with van der Waals surface area (Å²) in [5, 5.41) is 2.98. The Bertz CT molecular complexity index is 399. The van der Waals surface area contributed by atoms with Gasteiger partial charge in [-0.15, -0.1) is 0 Å². The fourth-order valence-corrected chi connectivity index (χ4v) is 2.71. The van der Waals surface area contributed by atoms with Crippen molar-refractivity contribution >= 4 is 5.91 Å². The zero-order valence-electron chi connectivity index (χ0n) is 11.3. The van der Waals surface area contributed by atoms with Crippen molar-refractivity contribution in [3.63, 3.8) is 0 Å². The van der Waals surface area contributed by atoms with E-state index in [0.717, 1.165) is 31.4 Å². The Balaban J connectivity index is 1.96. The van der Waals surface area contributed by atoms with Gasteiger partial charge in [0.1, 0.15) is 6.33 Å². The smallest absolute Gasteiger partial charge is 0.227 e. The highest BCUT2D eigenvalue weighted by Gasteiger charge is 2.36. The van der Waals surface area contributed by atoms with Gasteiger partial charge in [0.25, 0.3) is 0 Å². The molecule has 1 aromatic rings. The van der Waals surface area contributed by atoms with E-state index in [2.05, 4.69) is 15.3 Å². The highest BCUT2D eigenvalue weighted by Crippen LogP contribution is 2.34. The van der Waals surface area contributed by atoms with Crippen molar-refractivity contribution in [1.29, 1.82) is 0 Å². The normalized spacial score (nSPS) is 18.6. The van der Waals surface area contributed by atoms with Gasteiger partial charge in [-0.25, -0.2) is 9.97 Å². The van der Waals surface area contributed by atoms with Crippen molar-refractivity contribution in [2.75, 3.05) is 6.54 Å². The molecule has 19 heavy (non-hydrogen) atoms. The summed E-state index contributed by atoms with van der Waals surface area (Å²) in [5.74, 6) is 0.0792. The maximum atomic E-state index is 12.4. The minimum absolute atomic E-state index is 0.0792. The average molecular weight is 262 g/mol. The largest absolute Gasteiger partial charge is 0.350 e. The average Bonchev–Trinajstić information content (AvgIpc) is 2.72. The molecular formula is C14H22N4O. The van der Waals surface area contributed by atoms with Gasteiger partial charge in [0, 0.05) is 12.7 Å². The Labute approximate surface area is 114 Å². The van der Waals surface area contributed by atoms with Crippen LogP contribution in [-0.4, -0.2) is 22.4 Å². The van der Waals surface area contributed by atoms with Crippen LogP contribution in [0.25, 0.3) is 0 Å². The predicted octanol–water partition coefficient (Wildman–Crippen LogP) is 1.39. The fourth-order valence-electron chi connectivity index (χ4n) is 2.71. The second kappa shape index (κ2) is 6.61. The molecule has 5 nitrogen and oxygen atoms in total. The van der Waals surface area contributed by atoms with E-state index in [1.54, 1.807) is 6.20 Å². The van der Waals surface area contributed by atoms with Crippen molar-refractivity contribution < 1.29 is 4.79 Å². The molecule has 0 spiro atoms. The second-order valence-electron chi connectivity index (χ2n) is 5.28. The highest BCUT2D eigenvalue weighted by atomic mass is 16.2. The van der Waals surface area contributed by atoms with Crippen LogP contribution in [0.3, 0.4) is 0 Å². The lowest BCUT2D eigenvalue weighted by molar-refractivity contribution is -0.131. The first-order valence-corrected chi connectivity index (χ1v) is 7.00. The van der Waals surface area contributed by atoms with Crippen molar-refractivity contribution in [2.24, 2.45) is 11.1 Å². The summed E-state index contributed by atoms with van der Waals surface area (Å²) in [5.41, 5.74) is 6.34. The van der Waals surface area contributed by atoms with E-state index < -0.39 is 0 Å². The summed E-state index contributed by atoms with van der Waals surface area (Å²) < 4.78 is 0. The van der Waals surface area contributed by atoms with Gasteiger partial charge in [-0.3, -0.25) is 4.79 Å². The Morgan fingerprint density at radius 2 is 2.05 bits per heavy atom. The number of carbonyl (C=O) groups is 1. The number of amides is 1. The number of carbonyl (C=O) groups excluding carboxylic acids is 1. The maximum Gasteiger partial charge on any atom is 0.227 e. The summed E-state index contributed by atoms with van der Waals surface area (Å²) in [6.07, 6.45) is 9.58. The van der Waals surface area contributed by atoms with Crippen molar-refractivity contribution in [1.82, 2.24) is 15.3 Å². The van der Waals surface area contributed by atoms with Gasteiger partial charge in [-0.2, -0.15) is 0 Å². The third kappa shape index (κ3) is 3.50. The lowest BCUT2D eigenvalue weighted by Gasteiger charge is -2.29. The van der Waals surface area contributed by atoms with E-state index in [-0.39, 0.29) is 11.3 Å². The minimum atomic E-state index is -0.371. The Morgan fingerprint density at radius 3 is 2.63 bits per heavy atom. The second-order valence-corrected chi connectivity index (χ2v) is 5.28. The Morgan fingerprint density at radius 1 is 1.32 bits per heavy atom. The number of nitrogens with zero attached hydrogens (tertiary/aromatic N) is 2. The summed E-state index contributed by atoms with van der Waals surface area (Å²) in [6, 6.07) is 1.81. The van der Waals surface area contributed by atoms with E-state index in [9.17, 15) is 4.79 Å². The third-order valence-electron chi connectivity index (χ3n) is 4.01. The molecule has 0 unspecified atom stereocenters. The van der Waals surface area contributed by atoms with E-state index in [4.69, 9.17) is 5.73 Å². The first-order chi connectivity index (χ1) is 9.27. The van der Waals surface area contributed by atoms with Crippen LogP contribution >= 0.6 is 0 Å². The van der Waals surface area contributed by atoms with Gasteiger partial charge in [0.05, 0.1) is 17.7 Å². The molecular weight excluding hydrogens is 240 g/mol. The zero-order chi connectivity index (χ0) is 13.6. The molecule has 1 aliphatic carbocycles. The molecule has 2 rings (SSSR count). The molecule has 1 aliphatic rings. The van der Waals surface area contributed by atoms with E-state index in [0.29, 0.717) is 13.1 Å². The highest BCUT2D eigenvalue weighted by molar-refractivity contribution is 5.82. The lowest BCUT2D eigenvalue weighted by Crippen LogP contribution is -2.45. The molecule has 0 bridgehead atoms. The Kier molecular flexibility index (Phi) is 4.85. The van der Waals surface area contributed by atoms with Crippen LogP contribution in [-0.2, 0) is 11.3 Å². The summed E-state index contributed by atoms with van der Waals surface area (Å²) in [6.45, 7) is 0.881. The van der Waals surface area contributed by atoms with Crippen LogP contribution in [0.4, 0.5) is 0 Å². The predicted molar refractivity (Wildman–Crippen MR) is 73.1 cm³/mol. The fraction of sp³-hybridized carbons (Fsp3) is 0.643. The molecule has 0 aromatic carbocycles. The molecule has 1 aromatic heterocycles. The van der Waals surface area contributed by atoms with Crippen LogP contribution in [0.15, 0.2) is 18.6 Å². The van der Waals surface area contributed by atoms with E-state index in [1.807, 2.05) is 6.07 Å². The zero-order valence-corrected chi connectivity index (χ0v) is 11.3. The van der Waals surface area contributed by atoms with Crippen LogP contribution < -0.4 is 11.1 Å². The van der Waals surface area contributed by atoms with Gasteiger partial charge < -0.3 is 11.1 Å².